The van der Waals surface area contributed by atoms with Crippen LogP contribution in [0.4, 0.5) is 16.0 Å². The van der Waals surface area contributed by atoms with E-state index in [1.54, 1.807) is 30.6 Å². The summed E-state index contributed by atoms with van der Waals surface area (Å²) in [5.74, 6) is 0.0610. The lowest BCUT2D eigenvalue weighted by Gasteiger charge is -2.22. The molecule has 1 aromatic heterocycles. The van der Waals surface area contributed by atoms with Gasteiger partial charge in [-0.2, -0.15) is 0 Å². The van der Waals surface area contributed by atoms with Crippen LogP contribution in [0.15, 0.2) is 60.9 Å². The molecule has 0 unspecified atom stereocenters. The molecule has 0 bridgehead atoms. The van der Waals surface area contributed by atoms with Gasteiger partial charge in [-0.15, -0.1) is 0 Å². The first-order valence-corrected chi connectivity index (χ1v) is 9.93. The largest absolute Gasteiger partial charge is 0.349 e. The van der Waals surface area contributed by atoms with Gasteiger partial charge in [-0.1, -0.05) is 37.5 Å². The van der Waals surface area contributed by atoms with Crippen molar-refractivity contribution >= 4 is 17.5 Å². The van der Waals surface area contributed by atoms with E-state index >= 15 is 0 Å². The number of nitrogens with one attached hydrogen (secondary N) is 2. The average molecular weight is 390 g/mol. The van der Waals surface area contributed by atoms with E-state index in [-0.39, 0.29) is 17.8 Å². The number of carbonyl (C=O) groups excluding carboxylic acids is 1. The number of benzene rings is 2. The van der Waals surface area contributed by atoms with Crippen molar-refractivity contribution < 1.29 is 9.18 Å². The van der Waals surface area contributed by atoms with Crippen molar-refractivity contribution in [3.8, 4) is 11.1 Å². The van der Waals surface area contributed by atoms with Crippen molar-refractivity contribution in [3.63, 3.8) is 0 Å². The second kappa shape index (κ2) is 8.82. The van der Waals surface area contributed by atoms with Crippen LogP contribution in [0.25, 0.3) is 11.1 Å². The minimum atomic E-state index is -0.298. The van der Waals surface area contributed by atoms with Gasteiger partial charge in [0.1, 0.15) is 5.82 Å². The molecular weight excluding hydrogens is 367 g/mol. The molecular formula is C23H23FN4O. The van der Waals surface area contributed by atoms with Crippen molar-refractivity contribution in [2.75, 3.05) is 5.32 Å². The molecule has 29 heavy (non-hydrogen) atoms. The number of anilines is 2. The first-order valence-electron chi connectivity index (χ1n) is 9.93. The number of aromatic nitrogens is 2. The maximum Gasteiger partial charge on any atom is 0.251 e. The Morgan fingerprint density at radius 3 is 2.45 bits per heavy atom. The molecule has 1 saturated carbocycles. The monoisotopic (exact) mass is 390 g/mol. The lowest BCUT2D eigenvalue weighted by molar-refractivity contribution is 0.0927. The van der Waals surface area contributed by atoms with Crippen LogP contribution in [0, 0.1) is 5.82 Å². The molecule has 148 valence electrons. The van der Waals surface area contributed by atoms with Gasteiger partial charge in [0.2, 0.25) is 5.95 Å². The Hall–Kier alpha value is -3.28. The molecule has 6 heteroatoms. The van der Waals surface area contributed by atoms with E-state index in [1.807, 2.05) is 18.2 Å². The molecule has 0 atom stereocenters. The first-order chi connectivity index (χ1) is 14.2. The fourth-order valence-electron chi connectivity index (χ4n) is 3.59. The quantitative estimate of drug-likeness (QED) is 0.637. The lowest BCUT2D eigenvalue weighted by Crippen LogP contribution is -2.36. The normalized spacial score (nSPS) is 14.4. The predicted molar refractivity (Wildman–Crippen MR) is 111 cm³/mol. The molecule has 1 heterocycles. The van der Waals surface area contributed by atoms with Gasteiger partial charge in [0, 0.05) is 35.2 Å². The van der Waals surface area contributed by atoms with Crippen molar-refractivity contribution in [1.82, 2.24) is 15.3 Å². The smallest absolute Gasteiger partial charge is 0.251 e. The summed E-state index contributed by atoms with van der Waals surface area (Å²) in [7, 11) is 0. The summed E-state index contributed by atoms with van der Waals surface area (Å²) in [6.45, 7) is 0. The minimum Gasteiger partial charge on any atom is -0.349 e. The van der Waals surface area contributed by atoms with Crippen LogP contribution in [0.1, 0.15) is 42.5 Å². The predicted octanol–water partition coefficient (Wildman–Crippen LogP) is 5.09. The van der Waals surface area contributed by atoms with Crippen molar-refractivity contribution in [1.29, 1.82) is 0 Å². The molecule has 4 rings (SSSR count). The zero-order valence-electron chi connectivity index (χ0n) is 16.1. The summed E-state index contributed by atoms with van der Waals surface area (Å²) in [6.07, 6.45) is 8.99. The highest BCUT2D eigenvalue weighted by Crippen LogP contribution is 2.21. The Balaban J connectivity index is 1.43. The Labute approximate surface area is 169 Å². The van der Waals surface area contributed by atoms with Crippen LogP contribution in [0.5, 0.6) is 0 Å². The van der Waals surface area contributed by atoms with Gasteiger partial charge in [-0.25, -0.2) is 14.4 Å². The standard InChI is InChI=1S/C23H23FN4O/c24-19-8-4-6-16(12-19)18-14-25-23(26-15-18)28-21-11-5-7-17(13-21)22(29)27-20-9-2-1-3-10-20/h4-8,11-15,20H,1-3,9-10H2,(H,27,29)(H,25,26,28). The molecule has 2 N–H and O–H groups in total. The first kappa shape index (κ1) is 19.1. The van der Waals surface area contributed by atoms with Crippen molar-refractivity contribution in [2.45, 2.75) is 38.1 Å². The average Bonchev–Trinajstić information content (AvgIpc) is 2.75. The van der Waals surface area contributed by atoms with Crippen LogP contribution in [0.3, 0.4) is 0 Å². The molecule has 0 aliphatic heterocycles. The molecule has 0 radical (unpaired) electrons. The maximum atomic E-state index is 13.4. The zero-order chi connectivity index (χ0) is 20.1. The van der Waals surface area contributed by atoms with Crippen LogP contribution < -0.4 is 10.6 Å². The topological polar surface area (TPSA) is 66.9 Å². The second-order valence-electron chi connectivity index (χ2n) is 7.32. The highest BCUT2D eigenvalue weighted by molar-refractivity contribution is 5.95. The third-order valence-electron chi connectivity index (χ3n) is 5.13. The second-order valence-corrected chi connectivity index (χ2v) is 7.32. The van der Waals surface area contributed by atoms with Gasteiger partial charge >= 0.3 is 0 Å². The number of nitrogens with zero attached hydrogens (tertiary/aromatic N) is 2. The van der Waals surface area contributed by atoms with E-state index < -0.39 is 0 Å². The number of amides is 1. The summed E-state index contributed by atoms with van der Waals surface area (Å²) >= 11 is 0. The van der Waals surface area contributed by atoms with Crippen LogP contribution in [-0.4, -0.2) is 21.9 Å². The van der Waals surface area contributed by atoms with Gasteiger partial charge < -0.3 is 10.6 Å². The van der Waals surface area contributed by atoms with Crippen LogP contribution in [0.2, 0.25) is 0 Å². The van der Waals surface area contributed by atoms with E-state index in [4.69, 9.17) is 0 Å². The molecule has 0 saturated heterocycles. The van der Waals surface area contributed by atoms with Gasteiger partial charge in [-0.05, 0) is 48.7 Å². The van der Waals surface area contributed by atoms with Crippen LogP contribution in [-0.2, 0) is 0 Å². The van der Waals surface area contributed by atoms with Crippen LogP contribution >= 0.6 is 0 Å². The van der Waals surface area contributed by atoms with Gasteiger partial charge in [0.25, 0.3) is 5.91 Å². The van der Waals surface area contributed by atoms with E-state index in [0.717, 1.165) is 29.7 Å². The fourth-order valence-corrected chi connectivity index (χ4v) is 3.59. The molecule has 1 amide bonds. The Kier molecular flexibility index (Phi) is 5.79. The summed E-state index contributed by atoms with van der Waals surface area (Å²) in [5.41, 5.74) is 2.80. The van der Waals surface area contributed by atoms with E-state index in [9.17, 15) is 9.18 Å². The number of carbonyl (C=O) groups is 1. The molecule has 1 aliphatic carbocycles. The number of rotatable bonds is 5. The molecule has 0 spiro atoms. The molecule has 2 aromatic carbocycles. The van der Waals surface area contributed by atoms with E-state index in [1.165, 1.54) is 31.4 Å². The molecule has 3 aromatic rings. The molecule has 5 nitrogen and oxygen atoms in total. The summed E-state index contributed by atoms with van der Waals surface area (Å²) in [4.78, 5) is 21.2. The minimum absolute atomic E-state index is 0.0529. The highest BCUT2D eigenvalue weighted by Gasteiger charge is 2.16. The summed E-state index contributed by atoms with van der Waals surface area (Å²) in [6, 6.07) is 13.9. The number of halogens is 1. The Morgan fingerprint density at radius 2 is 1.69 bits per heavy atom. The summed E-state index contributed by atoms with van der Waals surface area (Å²) < 4.78 is 13.4. The third kappa shape index (κ3) is 4.96. The van der Waals surface area contributed by atoms with Crippen molar-refractivity contribution in [2.24, 2.45) is 0 Å². The third-order valence-corrected chi connectivity index (χ3v) is 5.13. The highest BCUT2D eigenvalue weighted by atomic mass is 19.1. The Morgan fingerprint density at radius 1 is 0.931 bits per heavy atom. The molecule has 1 fully saturated rings. The van der Waals surface area contributed by atoms with Gasteiger partial charge in [0.05, 0.1) is 0 Å². The summed E-state index contributed by atoms with van der Waals surface area (Å²) in [5, 5.41) is 6.24. The SMILES string of the molecule is O=C(NC1CCCCC1)c1cccc(Nc2ncc(-c3cccc(F)c3)cn2)c1. The lowest BCUT2D eigenvalue weighted by atomic mass is 9.95. The van der Waals surface area contributed by atoms with Gasteiger partial charge in [-0.3, -0.25) is 4.79 Å². The van der Waals surface area contributed by atoms with Gasteiger partial charge in [0.15, 0.2) is 0 Å². The van der Waals surface area contributed by atoms with Crippen molar-refractivity contribution in [3.05, 3.63) is 72.3 Å². The molecule has 1 aliphatic rings. The fraction of sp³-hybridized carbons (Fsp3) is 0.261. The van der Waals surface area contributed by atoms with E-state index in [0.29, 0.717) is 11.5 Å². The Bertz CT molecular complexity index is 984. The number of hydrogen-bond acceptors (Lipinski definition) is 4. The zero-order valence-corrected chi connectivity index (χ0v) is 16.1. The van der Waals surface area contributed by atoms with E-state index in [2.05, 4.69) is 20.6 Å². The maximum absolute atomic E-state index is 13.4. The number of hydrogen-bond donors (Lipinski definition) is 2.